The Labute approximate surface area is 201 Å². The van der Waals surface area contributed by atoms with Crippen LogP contribution >= 0.6 is 24.8 Å². The summed E-state index contributed by atoms with van der Waals surface area (Å²) in [5.74, 6) is 0. The van der Waals surface area contributed by atoms with Crippen molar-refractivity contribution in [1.82, 2.24) is 9.97 Å². The minimum Gasteiger partial charge on any atom is -0.398 e. The highest BCUT2D eigenvalue weighted by molar-refractivity contribution is 5.93. The Bertz CT molecular complexity index is 1140. The quantitative estimate of drug-likeness (QED) is 0.320. The number of nitrogens with zero attached hydrogens (tertiary/aromatic N) is 2. The first-order chi connectivity index (χ1) is 14.7. The molecule has 4 nitrogen and oxygen atoms in total. The van der Waals surface area contributed by atoms with Gasteiger partial charge in [-0.15, -0.1) is 24.8 Å². The van der Waals surface area contributed by atoms with E-state index >= 15 is 0 Å². The van der Waals surface area contributed by atoms with E-state index < -0.39 is 0 Å². The molecule has 0 fully saturated rings. The third kappa shape index (κ3) is 4.48. The van der Waals surface area contributed by atoms with Crippen LogP contribution in [0.5, 0.6) is 0 Å². The van der Waals surface area contributed by atoms with Crippen LogP contribution in [0.4, 0.5) is 11.4 Å². The van der Waals surface area contributed by atoms with Gasteiger partial charge in [-0.3, -0.25) is 9.97 Å². The molecule has 4 N–H and O–H groups in total. The van der Waals surface area contributed by atoms with E-state index in [0.717, 1.165) is 58.9 Å². The standard InChI is InChI=1S/2C13H14N2.2ClH/c2*14-13-9-5-1-3-7-11(9)15-12-8-4-2-6-10(12)13;;/h2*1,3,5,7H,2,4,6,8H2,(H2,14,15);2*1H. The Kier molecular flexibility index (Phi) is 7.81. The summed E-state index contributed by atoms with van der Waals surface area (Å²) in [5.41, 5.74) is 21.4. The summed E-state index contributed by atoms with van der Waals surface area (Å²) in [6.45, 7) is 0. The molecular formula is C26H30Cl2N4. The fraction of sp³-hybridized carbons (Fsp3) is 0.308. The minimum absolute atomic E-state index is 0. The van der Waals surface area contributed by atoms with Gasteiger partial charge in [-0.25, -0.2) is 0 Å². The van der Waals surface area contributed by atoms with Crippen LogP contribution in [0, 0.1) is 0 Å². The van der Waals surface area contributed by atoms with Crippen molar-refractivity contribution < 1.29 is 0 Å². The number of nitrogen functional groups attached to an aromatic ring is 2. The van der Waals surface area contributed by atoms with E-state index in [-0.39, 0.29) is 24.8 Å². The van der Waals surface area contributed by atoms with Crippen molar-refractivity contribution in [1.29, 1.82) is 0 Å². The summed E-state index contributed by atoms with van der Waals surface area (Å²) in [7, 11) is 0. The van der Waals surface area contributed by atoms with Crippen LogP contribution in [0.1, 0.15) is 48.2 Å². The maximum absolute atomic E-state index is 6.20. The second-order valence-electron chi connectivity index (χ2n) is 8.35. The number of pyridine rings is 2. The molecule has 0 bridgehead atoms. The van der Waals surface area contributed by atoms with Crippen molar-refractivity contribution in [2.75, 3.05) is 11.5 Å². The molecule has 0 spiro atoms. The number of benzene rings is 2. The molecule has 0 unspecified atom stereocenters. The fourth-order valence-corrected chi connectivity index (χ4v) is 4.82. The first-order valence-corrected chi connectivity index (χ1v) is 11.0. The van der Waals surface area contributed by atoms with Crippen LogP contribution in [-0.4, -0.2) is 9.97 Å². The van der Waals surface area contributed by atoms with Crippen molar-refractivity contribution in [2.45, 2.75) is 51.4 Å². The predicted octanol–water partition coefficient (Wildman–Crippen LogP) is 6.24. The third-order valence-electron chi connectivity index (χ3n) is 6.43. The fourth-order valence-electron chi connectivity index (χ4n) is 4.82. The number of para-hydroxylation sites is 2. The molecule has 168 valence electrons. The van der Waals surface area contributed by atoms with Crippen LogP contribution in [0.15, 0.2) is 48.5 Å². The van der Waals surface area contributed by atoms with E-state index in [1.807, 2.05) is 36.4 Å². The first-order valence-electron chi connectivity index (χ1n) is 11.0. The number of fused-ring (bicyclic) bond motifs is 4. The minimum atomic E-state index is 0. The van der Waals surface area contributed by atoms with Crippen LogP contribution in [0.3, 0.4) is 0 Å². The van der Waals surface area contributed by atoms with Gasteiger partial charge in [0, 0.05) is 33.5 Å². The molecule has 2 aromatic heterocycles. The van der Waals surface area contributed by atoms with E-state index in [1.165, 1.54) is 48.2 Å². The van der Waals surface area contributed by atoms with Crippen LogP contribution < -0.4 is 11.5 Å². The SMILES string of the molecule is Cl.Cl.Nc1c2c(nc3ccccc13)CCCC2.Nc1c2c(nc3ccccc13)CCCC2. The number of hydrogen-bond donors (Lipinski definition) is 2. The third-order valence-corrected chi connectivity index (χ3v) is 6.43. The van der Waals surface area contributed by atoms with Gasteiger partial charge in [0.2, 0.25) is 0 Å². The predicted molar refractivity (Wildman–Crippen MR) is 140 cm³/mol. The number of aromatic nitrogens is 2. The Morgan fingerprint density at radius 2 is 0.906 bits per heavy atom. The lowest BCUT2D eigenvalue weighted by molar-refractivity contribution is 0.673. The van der Waals surface area contributed by atoms with Gasteiger partial charge in [-0.1, -0.05) is 36.4 Å². The molecule has 2 aromatic carbocycles. The van der Waals surface area contributed by atoms with Crippen molar-refractivity contribution in [2.24, 2.45) is 0 Å². The summed E-state index contributed by atoms with van der Waals surface area (Å²) in [5, 5.41) is 2.22. The highest BCUT2D eigenvalue weighted by Gasteiger charge is 2.16. The molecule has 0 atom stereocenters. The summed E-state index contributed by atoms with van der Waals surface area (Å²) < 4.78 is 0. The Morgan fingerprint density at radius 1 is 0.531 bits per heavy atom. The zero-order valence-electron chi connectivity index (χ0n) is 18.1. The Morgan fingerprint density at radius 3 is 1.34 bits per heavy atom. The average molecular weight is 469 g/mol. The van der Waals surface area contributed by atoms with E-state index in [9.17, 15) is 0 Å². The molecule has 0 radical (unpaired) electrons. The van der Waals surface area contributed by atoms with E-state index in [0.29, 0.717) is 0 Å². The molecule has 2 heterocycles. The zero-order valence-corrected chi connectivity index (χ0v) is 19.8. The van der Waals surface area contributed by atoms with Gasteiger partial charge in [0.1, 0.15) is 0 Å². The Balaban J connectivity index is 0.000000170. The lowest BCUT2D eigenvalue weighted by Gasteiger charge is -2.18. The number of halogens is 2. The molecule has 2 aliphatic rings. The zero-order chi connectivity index (χ0) is 20.5. The highest BCUT2D eigenvalue weighted by atomic mass is 35.5. The molecule has 4 aromatic rings. The van der Waals surface area contributed by atoms with Crippen LogP contribution in [-0.2, 0) is 25.7 Å². The van der Waals surface area contributed by atoms with E-state index in [2.05, 4.69) is 12.1 Å². The second-order valence-corrected chi connectivity index (χ2v) is 8.35. The van der Waals surface area contributed by atoms with Crippen molar-refractivity contribution >= 4 is 58.0 Å². The normalized spacial score (nSPS) is 14.2. The molecule has 6 rings (SSSR count). The highest BCUT2D eigenvalue weighted by Crippen LogP contribution is 2.31. The maximum Gasteiger partial charge on any atom is 0.0726 e. The van der Waals surface area contributed by atoms with Gasteiger partial charge in [-0.05, 0) is 74.6 Å². The van der Waals surface area contributed by atoms with Crippen molar-refractivity contribution in [3.8, 4) is 0 Å². The van der Waals surface area contributed by atoms with E-state index in [1.54, 1.807) is 0 Å². The molecule has 0 aliphatic heterocycles. The number of anilines is 2. The molecule has 32 heavy (non-hydrogen) atoms. The summed E-state index contributed by atoms with van der Waals surface area (Å²) in [6, 6.07) is 16.3. The van der Waals surface area contributed by atoms with Crippen molar-refractivity contribution in [3.63, 3.8) is 0 Å². The summed E-state index contributed by atoms with van der Waals surface area (Å²) in [6.07, 6.45) is 9.36. The lowest BCUT2D eigenvalue weighted by atomic mass is 9.93. The first kappa shape index (κ1) is 24.1. The topological polar surface area (TPSA) is 77.8 Å². The largest absolute Gasteiger partial charge is 0.398 e. The molecule has 0 saturated carbocycles. The van der Waals surface area contributed by atoms with Crippen molar-refractivity contribution in [3.05, 3.63) is 71.0 Å². The number of aryl methyl sites for hydroxylation is 2. The van der Waals surface area contributed by atoms with Gasteiger partial charge in [-0.2, -0.15) is 0 Å². The van der Waals surface area contributed by atoms with Gasteiger partial charge in [0.05, 0.1) is 11.0 Å². The number of hydrogen-bond acceptors (Lipinski definition) is 4. The molecular weight excluding hydrogens is 439 g/mol. The summed E-state index contributed by atoms with van der Waals surface area (Å²) in [4.78, 5) is 9.39. The number of nitrogens with two attached hydrogens (primary N) is 2. The molecule has 2 aliphatic carbocycles. The molecule has 0 saturated heterocycles. The van der Waals surface area contributed by atoms with Gasteiger partial charge in [0.25, 0.3) is 0 Å². The maximum atomic E-state index is 6.20. The van der Waals surface area contributed by atoms with Gasteiger partial charge >= 0.3 is 0 Å². The molecule has 0 amide bonds. The smallest absolute Gasteiger partial charge is 0.0726 e. The van der Waals surface area contributed by atoms with Gasteiger partial charge in [0.15, 0.2) is 0 Å². The second kappa shape index (κ2) is 10.4. The lowest BCUT2D eigenvalue weighted by Crippen LogP contribution is -2.09. The molecule has 6 heteroatoms. The Hall–Kier alpha value is -2.56. The van der Waals surface area contributed by atoms with Crippen LogP contribution in [0.25, 0.3) is 21.8 Å². The van der Waals surface area contributed by atoms with Gasteiger partial charge < -0.3 is 11.5 Å². The summed E-state index contributed by atoms with van der Waals surface area (Å²) >= 11 is 0. The number of rotatable bonds is 0. The monoisotopic (exact) mass is 468 g/mol. The van der Waals surface area contributed by atoms with E-state index in [4.69, 9.17) is 21.4 Å². The average Bonchev–Trinajstić information content (AvgIpc) is 2.80. The van der Waals surface area contributed by atoms with Crippen LogP contribution in [0.2, 0.25) is 0 Å².